The molecule has 0 aliphatic heterocycles. The fraction of sp³-hybridized carbons (Fsp3) is 0.467. The Kier molecular flexibility index (Phi) is 5.70. The van der Waals surface area contributed by atoms with Crippen molar-refractivity contribution in [3.8, 4) is 0 Å². The van der Waals surface area contributed by atoms with Gasteiger partial charge in [-0.2, -0.15) is 0 Å². The summed E-state index contributed by atoms with van der Waals surface area (Å²) in [4.78, 5) is 23.3. The Bertz CT molecular complexity index is 460. The molecule has 0 aromatic heterocycles. The highest BCUT2D eigenvalue weighted by Gasteiger charge is 2.15. The third-order valence-corrected chi connectivity index (χ3v) is 2.35. The van der Waals surface area contributed by atoms with E-state index in [1.807, 2.05) is 20.8 Å². The van der Waals surface area contributed by atoms with Gasteiger partial charge in [-0.25, -0.2) is 4.79 Å². The first-order valence-electron chi connectivity index (χ1n) is 6.38. The highest BCUT2D eigenvalue weighted by atomic mass is 16.5. The van der Waals surface area contributed by atoms with Crippen LogP contribution in [0, 0.1) is 0 Å². The smallest absolute Gasteiger partial charge is 0.338 e. The van der Waals surface area contributed by atoms with Gasteiger partial charge in [-0.1, -0.05) is 12.1 Å². The highest BCUT2D eigenvalue weighted by molar-refractivity contribution is 5.91. The summed E-state index contributed by atoms with van der Waals surface area (Å²) in [6.45, 7) is 5.79. The van der Waals surface area contributed by atoms with E-state index in [1.54, 1.807) is 31.4 Å². The summed E-state index contributed by atoms with van der Waals surface area (Å²) in [5.41, 5.74) is 1.04. The Morgan fingerprint density at radius 3 is 2.25 bits per heavy atom. The van der Waals surface area contributed by atoms with E-state index in [4.69, 9.17) is 9.47 Å². The molecule has 0 heterocycles. The molecule has 1 amide bonds. The van der Waals surface area contributed by atoms with Crippen LogP contribution in [-0.2, 0) is 20.9 Å². The van der Waals surface area contributed by atoms with Crippen LogP contribution in [0.15, 0.2) is 24.3 Å². The van der Waals surface area contributed by atoms with E-state index in [1.165, 1.54) is 0 Å². The molecule has 1 N–H and O–H groups in total. The summed E-state index contributed by atoms with van der Waals surface area (Å²) in [5, 5.41) is 2.72. The largest absolute Gasteiger partial charge is 0.452 e. The monoisotopic (exact) mass is 279 g/mol. The van der Waals surface area contributed by atoms with Gasteiger partial charge in [0.05, 0.1) is 12.2 Å². The number of esters is 1. The molecule has 5 nitrogen and oxygen atoms in total. The normalized spacial score (nSPS) is 11.0. The summed E-state index contributed by atoms with van der Waals surface area (Å²) in [5.74, 6) is -0.833. The van der Waals surface area contributed by atoms with E-state index in [9.17, 15) is 9.59 Å². The Morgan fingerprint density at radius 1 is 1.15 bits per heavy atom. The molecule has 110 valence electrons. The molecule has 1 aromatic carbocycles. The number of hydrogen-bond acceptors (Lipinski definition) is 4. The van der Waals surface area contributed by atoms with Crippen LogP contribution in [0.4, 0.5) is 0 Å². The number of hydrogen-bond donors (Lipinski definition) is 1. The van der Waals surface area contributed by atoms with E-state index < -0.39 is 5.97 Å². The van der Waals surface area contributed by atoms with Gasteiger partial charge in [0, 0.05) is 12.6 Å². The lowest BCUT2D eigenvalue weighted by molar-refractivity contribution is -0.125. The molecule has 0 fully saturated rings. The zero-order valence-electron chi connectivity index (χ0n) is 12.4. The van der Waals surface area contributed by atoms with Gasteiger partial charge < -0.3 is 14.8 Å². The summed E-state index contributed by atoms with van der Waals surface area (Å²) >= 11 is 0. The molecule has 0 radical (unpaired) electrons. The van der Waals surface area contributed by atoms with Crippen LogP contribution in [0.3, 0.4) is 0 Å². The van der Waals surface area contributed by atoms with E-state index in [0.29, 0.717) is 12.2 Å². The number of benzene rings is 1. The van der Waals surface area contributed by atoms with Gasteiger partial charge in [0.1, 0.15) is 0 Å². The fourth-order valence-electron chi connectivity index (χ4n) is 1.57. The van der Waals surface area contributed by atoms with Crippen molar-refractivity contribution in [2.24, 2.45) is 0 Å². The predicted octanol–water partition coefficient (Wildman–Crippen LogP) is 1.90. The lowest BCUT2D eigenvalue weighted by Gasteiger charge is -2.20. The SMILES string of the molecule is COCc1ccc(C(=O)OCC(=O)NC(C)(C)C)cc1. The molecule has 0 aliphatic rings. The Morgan fingerprint density at radius 2 is 1.75 bits per heavy atom. The van der Waals surface area contributed by atoms with Crippen molar-refractivity contribution in [2.75, 3.05) is 13.7 Å². The summed E-state index contributed by atoms with van der Waals surface area (Å²) in [7, 11) is 1.61. The molecular formula is C15H21NO4. The number of carbonyl (C=O) groups is 2. The number of amides is 1. The first kappa shape index (κ1) is 16.2. The van der Waals surface area contributed by atoms with Crippen LogP contribution in [-0.4, -0.2) is 31.1 Å². The van der Waals surface area contributed by atoms with Crippen LogP contribution < -0.4 is 5.32 Å². The zero-order valence-corrected chi connectivity index (χ0v) is 12.4. The maximum atomic E-state index is 11.8. The third-order valence-electron chi connectivity index (χ3n) is 2.35. The quantitative estimate of drug-likeness (QED) is 0.836. The van der Waals surface area contributed by atoms with E-state index >= 15 is 0 Å². The molecule has 1 aromatic rings. The summed E-state index contributed by atoms with van der Waals surface area (Å²) in [6, 6.07) is 6.88. The van der Waals surface area contributed by atoms with Gasteiger partial charge >= 0.3 is 5.97 Å². The minimum Gasteiger partial charge on any atom is -0.452 e. The second-order valence-electron chi connectivity index (χ2n) is 5.50. The van der Waals surface area contributed by atoms with Crippen molar-refractivity contribution in [1.82, 2.24) is 5.32 Å². The summed E-state index contributed by atoms with van der Waals surface area (Å²) in [6.07, 6.45) is 0. The molecule has 0 saturated heterocycles. The van der Waals surface area contributed by atoms with Gasteiger partial charge in [0.15, 0.2) is 6.61 Å². The van der Waals surface area contributed by atoms with Gasteiger partial charge in [-0.15, -0.1) is 0 Å². The number of nitrogens with one attached hydrogen (secondary N) is 1. The number of methoxy groups -OCH3 is 1. The predicted molar refractivity (Wildman–Crippen MR) is 75.3 cm³/mol. The lowest BCUT2D eigenvalue weighted by Crippen LogP contribution is -2.42. The topological polar surface area (TPSA) is 64.6 Å². The third kappa shape index (κ3) is 5.84. The molecular weight excluding hydrogens is 258 g/mol. The minimum atomic E-state index is -0.516. The first-order valence-corrected chi connectivity index (χ1v) is 6.38. The Labute approximate surface area is 119 Å². The molecule has 0 unspecified atom stereocenters. The number of ether oxygens (including phenoxy) is 2. The van der Waals surface area contributed by atoms with Crippen molar-refractivity contribution in [3.05, 3.63) is 35.4 Å². The average molecular weight is 279 g/mol. The summed E-state index contributed by atoms with van der Waals surface area (Å²) < 4.78 is 9.94. The van der Waals surface area contributed by atoms with Gasteiger partial charge in [-0.3, -0.25) is 4.79 Å². The van der Waals surface area contributed by atoms with Gasteiger partial charge in [-0.05, 0) is 38.5 Å². The molecule has 0 bridgehead atoms. The zero-order chi connectivity index (χ0) is 15.2. The standard InChI is InChI=1S/C15H21NO4/c1-15(2,3)16-13(17)10-20-14(18)12-7-5-11(6-8-12)9-19-4/h5-8H,9-10H2,1-4H3,(H,16,17). The second kappa shape index (κ2) is 7.05. The molecule has 20 heavy (non-hydrogen) atoms. The molecule has 1 rings (SSSR count). The van der Waals surface area contributed by atoms with Crippen molar-refractivity contribution in [1.29, 1.82) is 0 Å². The Hall–Kier alpha value is -1.88. The van der Waals surface area contributed by atoms with E-state index in [0.717, 1.165) is 5.56 Å². The lowest BCUT2D eigenvalue weighted by atomic mass is 10.1. The van der Waals surface area contributed by atoms with Crippen LogP contribution in [0.2, 0.25) is 0 Å². The molecule has 0 saturated carbocycles. The van der Waals surface area contributed by atoms with Crippen molar-refractivity contribution in [3.63, 3.8) is 0 Å². The minimum absolute atomic E-state index is 0.282. The van der Waals surface area contributed by atoms with Crippen LogP contribution >= 0.6 is 0 Å². The second-order valence-corrected chi connectivity index (χ2v) is 5.50. The number of rotatable bonds is 5. The van der Waals surface area contributed by atoms with Crippen molar-refractivity contribution >= 4 is 11.9 Å². The molecule has 0 aliphatic carbocycles. The van der Waals surface area contributed by atoms with E-state index in [2.05, 4.69) is 5.32 Å². The maximum Gasteiger partial charge on any atom is 0.338 e. The van der Waals surface area contributed by atoms with Crippen LogP contribution in [0.25, 0.3) is 0 Å². The van der Waals surface area contributed by atoms with Gasteiger partial charge in [0.2, 0.25) is 0 Å². The van der Waals surface area contributed by atoms with Crippen LogP contribution in [0.1, 0.15) is 36.7 Å². The molecule has 0 atom stereocenters. The maximum absolute atomic E-state index is 11.8. The number of carbonyl (C=O) groups excluding carboxylic acids is 2. The van der Waals surface area contributed by atoms with Crippen molar-refractivity contribution < 1.29 is 19.1 Å². The Balaban J connectivity index is 2.48. The average Bonchev–Trinajstić information content (AvgIpc) is 2.35. The molecule has 5 heteroatoms. The fourth-order valence-corrected chi connectivity index (χ4v) is 1.57. The van der Waals surface area contributed by atoms with Crippen LogP contribution in [0.5, 0.6) is 0 Å². The highest BCUT2D eigenvalue weighted by Crippen LogP contribution is 2.07. The molecule has 0 spiro atoms. The first-order chi connectivity index (χ1) is 9.31. The van der Waals surface area contributed by atoms with Crippen molar-refractivity contribution in [2.45, 2.75) is 32.9 Å². The van der Waals surface area contributed by atoms with Gasteiger partial charge in [0.25, 0.3) is 5.91 Å². The van der Waals surface area contributed by atoms with E-state index in [-0.39, 0.29) is 18.1 Å².